The molecule has 0 aliphatic carbocycles. The van der Waals surface area contributed by atoms with Crippen molar-refractivity contribution in [3.63, 3.8) is 0 Å². The third-order valence-corrected chi connectivity index (χ3v) is 5.77. The Labute approximate surface area is 191 Å². The molecule has 0 saturated carbocycles. The monoisotopic (exact) mass is 444 g/mol. The molecule has 4 aromatic rings. The van der Waals surface area contributed by atoms with E-state index < -0.39 is 0 Å². The van der Waals surface area contributed by atoms with Gasteiger partial charge in [-0.2, -0.15) is 9.78 Å². The molecule has 0 atom stereocenters. The van der Waals surface area contributed by atoms with Crippen molar-refractivity contribution in [2.24, 2.45) is 5.10 Å². The summed E-state index contributed by atoms with van der Waals surface area (Å²) in [7, 11) is 1.63. The van der Waals surface area contributed by atoms with Gasteiger partial charge in [0, 0.05) is 11.3 Å². The molecular weight excluding hydrogens is 420 g/mol. The zero-order valence-electron chi connectivity index (χ0n) is 18.0. The molecule has 162 valence electrons. The second kappa shape index (κ2) is 10.6. The van der Waals surface area contributed by atoms with Crippen LogP contribution in [0.1, 0.15) is 22.3 Å². The van der Waals surface area contributed by atoms with Gasteiger partial charge in [0.05, 0.1) is 13.3 Å². The van der Waals surface area contributed by atoms with E-state index in [0.29, 0.717) is 18.1 Å². The SMILES string of the molecule is COc1cccc(/C=N\n2cnnc2SCc2ccc(C)cc2)c1OCc1ccccc1. The molecule has 0 aliphatic heterocycles. The molecular formula is C25H24N4O2S. The maximum Gasteiger partial charge on any atom is 0.212 e. The molecule has 0 amide bonds. The van der Waals surface area contributed by atoms with E-state index in [9.17, 15) is 0 Å². The van der Waals surface area contributed by atoms with Crippen LogP contribution < -0.4 is 9.47 Å². The molecule has 0 bridgehead atoms. The van der Waals surface area contributed by atoms with Crippen molar-refractivity contribution in [2.45, 2.75) is 24.4 Å². The lowest BCUT2D eigenvalue weighted by atomic mass is 10.2. The number of thioether (sulfide) groups is 1. The molecule has 0 fully saturated rings. The van der Waals surface area contributed by atoms with Crippen LogP contribution in [0.4, 0.5) is 0 Å². The van der Waals surface area contributed by atoms with E-state index in [2.05, 4.69) is 46.5 Å². The Morgan fingerprint density at radius 1 is 0.969 bits per heavy atom. The van der Waals surface area contributed by atoms with Crippen molar-refractivity contribution in [3.05, 3.63) is 101 Å². The van der Waals surface area contributed by atoms with Gasteiger partial charge in [0.1, 0.15) is 12.9 Å². The standard InChI is InChI=1S/C25H24N4O2S/c1-19-11-13-21(14-12-19)17-32-25-28-26-18-29(25)27-15-22-9-6-10-23(30-2)24(22)31-16-20-7-4-3-5-8-20/h3-15,18H,16-17H2,1-2H3/b27-15-. The summed E-state index contributed by atoms with van der Waals surface area (Å²) in [6.45, 7) is 2.52. The highest BCUT2D eigenvalue weighted by Crippen LogP contribution is 2.31. The van der Waals surface area contributed by atoms with Gasteiger partial charge in [0.25, 0.3) is 0 Å². The number of benzene rings is 3. The molecule has 0 spiro atoms. The first-order valence-electron chi connectivity index (χ1n) is 10.2. The first-order chi connectivity index (χ1) is 15.7. The number of methoxy groups -OCH3 is 1. The molecule has 0 N–H and O–H groups in total. The topological polar surface area (TPSA) is 61.5 Å². The lowest BCUT2D eigenvalue weighted by molar-refractivity contribution is 0.284. The molecule has 0 saturated heterocycles. The Balaban J connectivity index is 1.49. The van der Waals surface area contributed by atoms with Crippen LogP contribution in [0.5, 0.6) is 11.5 Å². The normalized spacial score (nSPS) is 11.1. The van der Waals surface area contributed by atoms with Crippen molar-refractivity contribution in [1.82, 2.24) is 14.9 Å². The van der Waals surface area contributed by atoms with Crippen LogP contribution in [0.15, 0.2) is 89.4 Å². The fourth-order valence-electron chi connectivity index (χ4n) is 3.03. The molecule has 32 heavy (non-hydrogen) atoms. The van der Waals surface area contributed by atoms with Gasteiger partial charge >= 0.3 is 0 Å². The largest absolute Gasteiger partial charge is 0.493 e. The zero-order chi connectivity index (χ0) is 22.2. The molecule has 6 nitrogen and oxygen atoms in total. The van der Waals surface area contributed by atoms with Gasteiger partial charge in [-0.05, 0) is 30.2 Å². The summed E-state index contributed by atoms with van der Waals surface area (Å²) >= 11 is 1.59. The summed E-state index contributed by atoms with van der Waals surface area (Å²) in [6.07, 6.45) is 3.33. The summed E-state index contributed by atoms with van der Waals surface area (Å²) in [5.41, 5.74) is 4.36. The van der Waals surface area contributed by atoms with E-state index in [1.165, 1.54) is 11.1 Å². The van der Waals surface area contributed by atoms with Crippen LogP contribution in [0.25, 0.3) is 0 Å². The quantitative estimate of drug-likeness (QED) is 0.257. The number of nitrogens with zero attached hydrogens (tertiary/aromatic N) is 4. The molecule has 0 unspecified atom stereocenters. The fraction of sp³-hybridized carbons (Fsp3) is 0.160. The molecule has 1 aromatic heterocycles. The molecule has 1 heterocycles. The Hall–Kier alpha value is -3.58. The van der Waals surface area contributed by atoms with Gasteiger partial charge < -0.3 is 9.47 Å². The molecule has 0 radical (unpaired) electrons. The first-order valence-corrected chi connectivity index (χ1v) is 11.2. The summed E-state index contributed by atoms with van der Waals surface area (Å²) in [6, 6.07) is 24.2. The second-order valence-corrected chi connectivity index (χ2v) is 8.07. The van der Waals surface area contributed by atoms with E-state index >= 15 is 0 Å². The van der Waals surface area contributed by atoms with Crippen molar-refractivity contribution >= 4 is 18.0 Å². The minimum atomic E-state index is 0.437. The van der Waals surface area contributed by atoms with Gasteiger partial charge in [-0.25, -0.2) is 0 Å². The highest BCUT2D eigenvalue weighted by Gasteiger charge is 2.11. The average Bonchev–Trinajstić information content (AvgIpc) is 3.29. The predicted octanol–water partition coefficient (Wildman–Crippen LogP) is 5.35. The smallest absolute Gasteiger partial charge is 0.212 e. The van der Waals surface area contributed by atoms with Crippen LogP contribution in [-0.2, 0) is 12.4 Å². The summed E-state index contributed by atoms with van der Waals surface area (Å²) in [5.74, 6) is 2.09. The van der Waals surface area contributed by atoms with Crippen LogP contribution in [0.2, 0.25) is 0 Å². The molecule has 4 rings (SSSR count). The lowest BCUT2D eigenvalue weighted by Gasteiger charge is -2.13. The number of para-hydroxylation sites is 1. The third-order valence-electron chi connectivity index (χ3n) is 4.77. The number of aryl methyl sites for hydroxylation is 1. The van der Waals surface area contributed by atoms with Gasteiger partial charge in [0.2, 0.25) is 5.16 Å². The summed E-state index contributed by atoms with van der Waals surface area (Å²) in [4.78, 5) is 0. The van der Waals surface area contributed by atoms with Crippen LogP contribution in [0.3, 0.4) is 0 Å². The number of hydrogen-bond acceptors (Lipinski definition) is 6. The molecule has 3 aromatic carbocycles. The van der Waals surface area contributed by atoms with Gasteiger partial charge in [-0.3, -0.25) is 0 Å². The Morgan fingerprint density at radius 3 is 2.56 bits per heavy atom. The maximum atomic E-state index is 6.10. The zero-order valence-corrected chi connectivity index (χ0v) is 18.8. The van der Waals surface area contributed by atoms with E-state index in [1.54, 1.807) is 36.1 Å². The van der Waals surface area contributed by atoms with Crippen molar-refractivity contribution in [1.29, 1.82) is 0 Å². The fourth-order valence-corrected chi connectivity index (χ4v) is 3.85. The van der Waals surface area contributed by atoms with Crippen LogP contribution >= 0.6 is 11.8 Å². The predicted molar refractivity (Wildman–Crippen MR) is 128 cm³/mol. The van der Waals surface area contributed by atoms with E-state index in [1.807, 2.05) is 48.5 Å². The average molecular weight is 445 g/mol. The maximum absolute atomic E-state index is 6.10. The Morgan fingerprint density at radius 2 is 1.78 bits per heavy atom. The van der Waals surface area contributed by atoms with Crippen molar-refractivity contribution in [2.75, 3.05) is 7.11 Å². The Bertz CT molecular complexity index is 1170. The van der Waals surface area contributed by atoms with Gasteiger partial charge in [0.15, 0.2) is 11.5 Å². The third kappa shape index (κ3) is 5.56. The number of hydrogen-bond donors (Lipinski definition) is 0. The van der Waals surface area contributed by atoms with Crippen molar-refractivity contribution < 1.29 is 9.47 Å². The molecule has 0 aliphatic rings. The molecule has 7 heteroatoms. The minimum absolute atomic E-state index is 0.437. The number of ether oxygens (including phenoxy) is 2. The summed E-state index contributed by atoms with van der Waals surface area (Å²) < 4.78 is 13.3. The summed E-state index contributed by atoms with van der Waals surface area (Å²) in [5, 5.41) is 13.5. The number of rotatable bonds is 9. The minimum Gasteiger partial charge on any atom is -0.493 e. The van der Waals surface area contributed by atoms with Gasteiger partial charge in [-0.1, -0.05) is 78.0 Å². The number of aromatic nitrogens is 3. The van der Waals surface area contributed by atoms with E-state index in [0.717, 1.165) is 22.0 Å². The van der Waals surface area contributed by atoms with Crippen LogP contribution in [0, 0.1) is 6.92 Å². The lowest BCUT2D eigenvalue weighted by Crippen LogP contribution is -2.01. The van der Waals surface area contributed by atoms with E-state index in [4.69, 9.17) is 9.47 Å². The van der Waals surface area contributed by atoms with E-state index in [-0.39, 0.29) is 0 Å². The second-order valence-electron chi connectivity index (χ2n) is 7.13. The van der Waals surface area contributed by atoms with Crippen molar-refractivity contribution in [3.8, 4) is 11.5 Å². The highest BCUT2D eigenvalue weighted by atomic mass is 32.2. The van der Waals surface area contributed by atoms with Gasteiger partial charge in [-0.15, -0.1) is 10.2 Å². The Kier molecular flexibility index (Phi) is 7.19. The first kappa shape index (κ1) is 21.6. The van der Waals surface area contributed by atoms with Crippen LogP contribution in [-0.4, -0.2) is 28.2 Å². The highest BCUT2D eigenvalue weighted by molar-refractivity contribution is 7.98.